The normalized spacial score (nSPS) is 13.6. The van der Waals surface area contributed by atoms with E-state index in [4.69, 9.17) is 0 Å². The van der Waals surface area contributed by atoms with Crippen molar-refractivity contribution in [1.29, 1.82) is 0 Å². The lowest BCUT2D eigenvalue weighted by atomic mass is 10.3. The number of rotatable bonds is 7. The van der Waals surface area contributed by atoms with Crippen LogP contribution in [0.4, 0.5) is 0 Å². The molecule has 0 radical (unpaired) electrons. The molecule has 0 nitrogen and oxygen atoms in total. The molecule has 0 fully saturated rings. The van der Waals surface area contributed by atoms with Crippen molar-refractivity contribution in [3.05, 3.63) is 85.6 Å². The van der Waals surface area contributed by atoms with Gasteiger partial charge in [0.1, 0.15) is 0 Å². The molecule has 0 saturated heterocycles. The third-order valence-electron chi connectivity index (χ3n) is 1.65. The third-order valence-corrected chi connectivity index (χ3v) is 1.65. The molecule has 0 heteroatoms. The molecule has 0 atom stereocenters. The maximum Gasteiger partial charge on any atom is -0.0163 e. The van der Waals surface area contributed by atoms with E-state index in [1.54, 1.807) is 6.08 Å². The Morgan fingerprint density at radius 1 is 0.688 bits per heavy atom. The van der Waals surface area contributed by atoms with Crippen LogP contribution in [0.15, 0.2) is 85.6 Å². The highest BCUT2D eigenvalue weighted by atomic mass is 13.7. The van der Waals surface area contributed by atoms with Crippen molar-refractivity contribution in [2.75, 3.05) is 0 Å². The standard InChI is InChI=1S/C16H20/c1-3-5-7-9-11-13-15-16-14-12-10-8-6-4-2/h3-15H,1,16H2,2H3/b6-4+,7-5+,10-8+,11-9+,14-12+,15-13+. The van der Waals surface area contributed by atoms with Gasteiger partial charge in [0.25, 0.3) is 0 Å². The Labute approximate surface area is 99.4 Å². The lowest BCUT2D eigenvalue weighted by molar-refractivity contribution is 1.39. The minimum atomic E-state index is 0.954. The zero-order valence-corrected chi connectivity index (χ0v) is 9.92. The van der Waals surface area contributed by atoms with Gasteiger partial charge in [-0.2, -0.15) is 0 Å². The van der Waals surface area contributed by atoms with Crippen LogP contribution in [0.1, 0.15) is 13.3 Å². The predicted octanol–water partition coefficient (Wildman–Crippen LogP) is 4.92. The van der Waals surface area contributed by atoms with Crippen LogP contribution in [-0.4, -0.2) is 0 Å². The minimum Gasteiger partial charge on any atom is -0.0991 e. The second-order valence-corrected chi connectivity index (χ2v) is 3.01. The van der Waals surface area contributed by atoms with Gasteiger partial charge < -0.3 is 0 Å². The van der Waals surface area contributed by atoms with E-state index in [1.165, 1.54) is 0 Å². The Morgan fingerprint density at radius 3 is 1.75 bits per heavy atom. The van der Waals surface area contributed by atoms with Gasteiger partial charge in [-0.1, -0.05) is 85.6 Å². The molecule has 0 N–H and O–H groups in total. The summed E-state index contributed by atoms with van der Waals surface area (Å²) in [6.07, 6.45) is 26.9. The maximum atomic E-state index is 3.59. The lowest BCUT2D eigenvalue weighted by Crippen LogP contribution is -1.57. The van der Waals surface area contributed by atoms with Gasteiger partial charge in [0.2, 0.25) is 0 Å². The van der Waals surface area contributed by atoms with Crippen LogP contribution in [0.25, 0.3) is 0 Å². The Hall–Kier alpha value is -1.82. The first kappa shape index (κ1) is 14.2. The minimum absolute atomic E-state index is 0.954. The summed E-state index contributed by atoms with van der Waals surface area (Å²) < 4.78 is 0. The lowest BCUT2D eigenvalue weighted by Gasteiger charge is -1.78. The summed E-state index contributed by atoms with van der Waals surface area (Å²) in [7, 11) is 0. The first-order valence-electron chi connectivity index (χ1n) is 5.47. The number of allylic oxidation sites excluding steroid dienone is 13. The molecule has 0 aliphatic carbocycles. The second-order valence-electron chi connectivity index (χ2n) is 3.01. The summed E-state index contributed by atoms with van der Waals surface area (Å²) in [5.41, 5.74) is 0. The molecular formula is C16H20. The van der Waals surface area contributed by atoms with Gasteiger partial charge in [-0.05, 0) is 13.3 Å². The number of hydrogen-bond acceptors (Lipinski definition) is 0. The zero-order valence-electron chi connectivity index (χ0n) is 9.92. The van der Waals surface area contributed by atoms with Gasteiger partial charge in [-0.25, -0.2) is 0 Å². The zero-order chi connectivity index (χ0) is 11.9. The van der Waals surface area contributed by atoms with Crippen molar-refractivity contribution < 1.29 is 0 Å². The topological polar surface area (TPSA) is 0 Å². The summed E-state index contributed by atoms with van der Waals surface area (Å²) in [5.74, 6) is 0. The molecule has 0 amide bonds. The molecular weight excluding hydrogens is 192 g/mol. The van der Waals surface area contributed by atoms with Crippen molar-refractivity contribution in [2.45, 2.75) is 13.3 Å². The van der Waals surface area contributed by atoms with Crippen LogP contribution in [0.3, 0.4) is 0 Å². The summed E-state index contributed by atoms with van der Waals surface area (Å²) >= 11 is 0. The van der Waals surface area contributed by atoms with E-state index < -0.39 is 0 Å². The molecule has 0 saturated carbocycles. The number of hydrogen-bond donors (Lipinski definition) is 0. The molecule has 0 aliphatic heterocycles. The molecule has 0 aliphatic rings. The molecule has 0 aromatic rings. The monoisotopic (exact) mass is 212 g/mol. The van der Waals surface area contributed by atoms with E-state index in [-0.39, 0.29) is 0 Å². The fraction of sp³-hybridized carbons (Fsp3) is 0.125. The van der Waals surface area contributed by atoms with Crippen molar-refractivity contribution in [2.24, 2.45) is 0 Å². The van der Waals surface area contributed by atoms with Gasteiger partial charge in [0.15, 0.2) is 0 Å². The van der Waals surface area contributed by atoms with Crippen molar-refractivity contribution in [3.8, 4) is 0 Å². The average molecular weight is 212 g/mol. The second kappa shape index (κ2) is 13.2. The van der Waals surface area contributed by atoms with E-state index in [2.05, 4.69) is 18.7 Å². The quantitative estimate of drug-likeness (QED) is 0.525. The SMILES string of the molecule is C=C/C=C/C=C/C=C/C/C=C/C=C/C=C/C. The molecule has 84 valence electrons. The van der Waals surface area contributed by atoms with Gasteiger partial charge in [-0.3, -0.25) is 0 Å². The summed E-state index contributed by atoms with van der Waals surface area (Å²) in [6.45, 7) is 5.59. The summed E-state index contributed by atoms with van der Waals surface area (Å²) in [5, 5.41) is 0. The highest BCUT2D eigenvalue weighted by Crippen LogP contribution is 1.89. The smallest absolute Gasteiger partial charge is 0.0163 e. The highest BCUT2D eigenvalue weighted by molar-refractivity contribution is 5.15. The molecule has 0 aromatic carbocycles. The van der Waals surface area contributed by atoms with Crippen LogP contribution in [0.5, 0.6) is 0 Å². The molecule has 0 bridgehead atoms. The van der Waals surface area contributed by atoms with E-state index >= 15 is 0 Å². The molecule has 0 spiro atoms. The first-order valence-corrected chi connectivity index (χ1v) is 5.47. The van der Waals surface area contributed by atoms with E-state index in [0.29, 0.717) is 0 Å². The summed E-state index contributed by atoms with van der Waals surface area (Å²) in [6, 6.07) is 0. The summed E-state index contributed by atoms with van der Waals surface area (Å²) in [4.78, 5) is 0. The molecule has 16 heavy (non-hydrogen) atoms. The molecule has 0 heterocycles. The van der Waals surface area contributed by atoms with E-state index in [9.17, 15) is 0 Å². The van der Waals surface area contributed by atoms with Gasteiger partial charge in [0.05, 0.1) is 0 Å². The fourth-order valence-corrected chi connectivity index (χ4v) is 0.903. The van der Waals surface area contributed by atoms with Gasteiger partial charge >= 0.3 is 0 Å². The van der Waals surface area contributed by atoms with Crippen molar-refractivity contribution in [1.82, 2.24) is 0 Å². The molecule has 0 unspecified atom stereocenters. The van der Waals surface area contributed by atoms with E-state index in [1.807, 2.05) is 67.7 Å². The average Bonchev–Trinajstić information content (AvgIpc) is 2.31. The van der Waals surface area contributed by atoms with Crippen LogP contribution in [0, 0.1) is 0 Å². The third kappa shape index (κ3) is 12.2. The highest BCUT2D eigenvalue weighted by Gasteiger charge is 1.67. The Kier molecular flexibility index (Phi) is 11.7. The molecule has 0 rings (SSSR count). The van der Waals surface area contributed by atoms with Crippen LogP contribution < -0.4 is 0 Å². The Balaban J connectivity index is 3.65. The largest absolute Gasteiger partial charge is 0.0991 e. The van der Waals surface area contributed by atoms with Crippen molar-refractivity contribution >= 4 is 0 Å². The van der Waals surface area contributed by atoms with Crippen LogP contribution in [-0.2, 0) is 0 Å². The van der Waals surface area contributed by atoms with Gasteiger partial charge in [0, 0.05) is 0 Å². The first-order chi connectivity index (χ1) is 7.91. The van der Waals surface area contributed by atoms with Crippen molar-refractivity contribution in [3.63, 3.8) is 0 Å². The van der Waals surface area contributed by atoms with Crippen LogP contribution in [0.2, 0.25) is 0 Å². The predicted molar refractivity (Wildman–Crippen MR) is 75.3 cm³/mol. The fourth-order valence-electron chi connectivity index (χ4n) is 0.903. The van der Waals surface area contributed by atoms with Gasteiger partial charge in [-0.15, -0.1) is 0 Å². The molecule has 0 aromatic heterocycles. The maximum absolute atomic E-state index is 3.59. The van der Waals surface area contributed by atoms with E-state index in [0.717, 1.165) is 6.42 Å². The Morgan fingerprint density at radius 2 is 1.19 bits per heavy atom. The van der Waals surface area contributed by atoms with Crippen LogP contribution >= 0.6 is 0 Å². The Bertz CT molecular complexity index is 320.